The molecule has 0 bridgehead atoms. The van der Waals surface area contributed by atoms with Gasteiger partial charge in [0.25, 0.3) is 0 Å². The lowest BCUT2D eigenvalue weighted by Crippen LogP contribution is -2.38. The molecule has 29 heavy (non-hydrogen) atoms. The Morgan fingerprint density at radius 3 is 2.72 bits per heavy atom. The number of benzene rings is 1. The number of hydrogen-bond donors (Lipinski definition) is 1. The number of ketones is 1. The van der Waals surface area contributed by atoms with Crippen molar-refractivity contribution >= 4 is 23.4 Å². The summed E-state index contributed by atoms with van der Waals surface area (Å²) >= 11 is 6.25. The smallest absolute Gasteiger partial charge is 0.336 e. The SMILES string of the molecule is CCCCCOC(=O)C1=C(C)NC2=C(C(=O)CC(C)(C)C2)[C@@H]1c1cccc(Cl)c1. The van der Waals surface area contributed by atoms with Crippen LogP contribution < -0.4 is 5.32 Å². The molecule has 5 heteroatoms. The summed E-state index contributed by atoms with van der Waals surface area (Å²) in [5, 5.41) is 3.94. The van der Waals surface area contributed by atoms with E-state index in [9.17, 15) is 9.59 Å². The van der Waals surface area contributed by atoms with Crippen molar-refractivity contribution in [3.05, 3.63) is 57.4 Å². The summed E-state index contributed by atoms with van der Waals surface area (Å²) in [5.74, 6) is -0.731. The van der Waals surface area contributed by atoms with Crippen molar-refractivity contribution in [1.29, 1.82) is 0 Å². The lowest BCUT2D eigenvalue weighted by atomic mass is 9.68. The third kappa shape index (κ3) is 4.75. The first-order valence-corrected chi connectivity index (χ1v) is 10.8. The van der Waals surface area contributed by atoms with Crippen LogP contribution in [0.4, 0.5) is 0 Å². The predicted octanol–water partition coefficient (Wildman–Crippen LogP) is 5.68. The second-order valence-electron chi connectivity index (χ2n) is 8.83. The number of ether oxygens (including phenoxy) is 1. The number of unbranched alkanes of at least 4 members (excludes halogenated alkanes) is 2. The zero-order valence-electron chi connectivity index (χ0n) is 17.7. The Hall–Kier alpha value is -2.07. The zero-order chi connectivity index (χ0) is 21.2. The molecule has 1 aromatic carbocycles. The maximum absolute atomic E-state index is 13.2. The fourth-order valence-electron chi connectivity index (χ4n) is 4.32. The van der Waals surface area contributed by atoms with E-state index in [1.807, 2.05) is 25.1 Å². The van der Waals surface area contributed by atoms with Crippen molar-refractivity contribution in [2.45, 2.75) is 65.7 Å². The van der Waals surface area contributed by atoms with E-state index >= 15 is 0 Å². The monoisotopic (exact) mass is 415 g/mol. The molecule has 1 aromatic rings. The Balaban J connectivity index is 2.03. The van der Waals surface area contributed by atoms with Crippen LogP contribution in [0.1, 0.15) is 71.3 Å². The molecule has 156 valence electrons. The standard InChI is InChI=1S/C24H30ClNO3/c1-5-6-7-11-29-23(28)20-15(2)26-18-13-24(3,4)14-19(27)22(18)21(20)16-9-8-10-17(25)12-16/h8-10,12,21,26H,5-7,11,13-14H2,1-4H3/t21-/m1/s1. The van der Waals surface area contributed by atoms with E-state index in [1.54, 1.807) is 6.07 Å². The number of rotatable bonds is 6. The number of dihydropyridines is 1. The molecule has 0 fully saturated rings. The first-order chi connectivity index (χ1) is 13.7. The summed E-state index contributed by atoms with van der Waals surface area (Å²) in [7, 11) is 0. The average molecular weight is 416 g/mol. The fourth-order valence-corrected chi connectivity index (χ4v) is 4.52. The van der Waals surface area contributed by atoms with E-state index in [0.717, 1.165) is 42.6 Å². The number of carbonyl (C=O) groups excluding carboxylic acids is 2. The third-order valence-corrected chi connectivity index (χ3v) is 5.86. The van der Waals surface area contributed by atoms with Crippen LogP contribution >= 0.6 is 11.6 Å². The Kier molecular flexibility index (Phi) is 6.52. The zero-order valence-corrected chi connectivity index (χ0v) is 18.5. The van der Waals surface area contributed by atoms with Crippen LogP contribution in [0.25, 0.3) is 0 Å². The molecule has 0 radical (unpaired) electrons. The molecule has 0 saturated heterocycles. The minimum atomic E-state index is -0.452. The van der Waals surface area contributed by atoms with Gasteiger partial charge in [-0.15, -0.1) is 0 Å². The summed E-state index contributed by atoms with van der Waals surface area (Å²) in [6.07, 6.45) is 4.14. The van der Waals surface area contributed by atoms with Crippen LogP contribution in [0.3, 0.4) is 0 Å². The van der Waals surface area contributed by atoms with Gasteiger partial charge in [-0.2, -0.15) is 0 Å². The van der Waals surface area contributed by atoms with E-state index in [0.29, 0.717) is 29.2 Å². The maximum atomic E-state index is 13.2. The lowest BCUT2D eigenvalue weighted by molar-refractivity contribution is -0.139. The van der Waals surface area contributed by atoms with E-state index in [2.05, 4.69) is 26.1 Å². The summed E-state index contributed by atoms with van der Waals surface area (Å²) in [4.78, 5) is 26.2. The maximum Gasteiger partial charge on any atom is 0.336 e. The van der Waals surface area contributed by atoms with Gasteiger partial charge in [0, 0.05) is 34.3 Å². The van der Waals surface area contributed by atoms with Gasteiger partial charge >= 0.3 is 5.97 Å². The second-order valence-corrected chi connectivity index (χ2v) is 9.26. The molecule has 1 aliphatic heterocycles. The van der Waals surface area contributed by atoms with E-state index in [4.69, 9.17) is 16.3 Å². The minimum absolute atomic E-state index is 0.0810. The molecule has 1 atom stereocenters. The lowest BCUT2D eigenvalue weighted by Gasteiger charge is -2.39. The van der Waals surface area contributed by atoms with Gasteiger partial charge < -0.3 is 10.1 Å². The molecule has 1 heterocycles. The number of halogens is 1. The Labute approximate surface area is 178 Å². The van der Waals surface area contributed by atoms with Crippen molar-refractivity contribution in [1.82, 2.24) is 5.32 Å². The Morgan fingerprint density at radius 1 is 1.28 bits per heavy atom. The highest BCUT2D eigenvalue weighted by Gasteiger charge is 2.43. The molecule has 0 amide bonds. The predicted molar refractivity (Wildman–Crippen MR) is 116 cm³/mol. The molecule has 2 aliphatic rings. The molecule has 0 aromatic heterocycles. The summed E-state index contributed by atoms with van der Waals surface area (Å²) in [5.41, 5.74) is 3.59. The molecule has 4 nitrogen and oxygen atoms in total. The molecule has 0 spiro atoms. The molecular weight excluding hydrogens is 386 g/mol. The highest BCUT2D eigenvalue weighted by molar-refractivity contribution is 6.30. The number of nitrogens with one attached hydrogen (secondary N) is 1. The number of carbonyl (C=O) groups is 2. The number of Topliss-reactive ketones (excluding diaryl/α,β-unsaturated/α-hetero) is 1. The van der Waals surface area contributed by atoms with Gasteiger partial charge in [0.15, 0.2) is 5.78 Å². The molecule has 0 saturated carbocycles. The van der Waals surface area contributed by atoms with Crippen molar-refractivity contribution in [2.24, 2.45) is 5.41 Å². The number of hydrogen-bond acceptors (Lipinski definition) is 4. The van der Waals surface area contributed by atoms with Crippen molar-refractivity contribution in [2.75, 3.05) is 6.61 Å². The van der Waals surface area contributed by atoms with Gasteiger partial charge in [-0.05, 0) is 42.9 Å². The van der Waals surface area contributed by atoms with Crippen molar-refractivity contribution in [3.8, 4) is 0 Å². The summed E-state index contributed by atoms with van der Waals surface area (Å²) in [6, 6.07) is 7.42. The summed E-state index contributed by atoms with van der Waals surface area (Å²) in [6.45, 7) is 8.58. The first-order valence-electron chi connectivity index (χ1n) is 10.4. The topological polar surface area (TPSA) is 55.4 Å². The van der Waals surface area contributed by atoms with E-state index in [-0.39, 0.29) is 17.2 Å². The summed E-state index contributed by atoms with van der Waals surface area (Å²) < 4.78 is 5.59. The Morgan fingerprint density at radius 2 is 2.03 bits per heavy atom. The van der Waals surface area contributed by atoms with Crippen LogP contribution in [-0.4, -0.2) is 18.4 Å². The van der Waals surface area contributed by atoms with Crippen LogP contribution in [0, 0.1) is 5.41 Å². The van der Waals surface area contributed by atoms with Crippen LogP contribution in [0.5, 0.6) is 0 Å². The van der Waals surface area contributed by atoms with E-state index in [1.165, 1.54) is 0 Å². The largest absolute Gasteiger partial charge is 0.462 e. The Bertz CT molecular complexity index is 882. The van der Waals surface area contributed by atoms with Crippen LogP contribution in [-0.2, 0) is 14.3 Å². The highest BCUT2D eigenvalue weighted by Crippen LogP contribution is 2.47. The molecule has 1 N–H and O–H groups in total. The highest BCUT2D eigenvalue weighted by atomic mass is 35.5. The van der Waals surface area contributed by atoms with Gasteiger partial charge in [0.1, 0.15) is 0 Å². The number of esters is 1. The molecule has 3 rings (SSSR count). The minimum Gasteiger partial charge on any atom is -0.462 e. The van der Waals surface area contributed by atoms with Crippen molar-refractivity contribution in [3.63, 3.8) is 0 Å². The average Bonchev–Trinajstić information content (AvgIpc) is 2.63. The van der Waals surface area contributed by atoms with Crippen LogP contribution in [0.2, 0.25) is 5.02 Å². The van der Waals surface area contributed by atoms with Gasteiger partial charge in [0.05, 0.1) is 12.2 Å². The number of allylic oxidation sites excluding steroid dienone is 3. The first kappa shape index (κ1) is 21.6. The van der Waals surface area contributed by atoms with Gasteiger partial charge in [-0.1, -0.05) is 57.3 Å². The third-order valence-electron chi connectivity index (χ3n) is 5.62. The van der Waals surface area contributed by atoms with Gasteiger partial charge in [0.2, 0.25) is 0 Å². The van der Waals surface area contributed by atoms with Crippen LogP contribution in [0.15, 0.2) is 46.8 Å². The quantitative estimate of drug-likeness (QED) is 0.479. The molecule has 1 aliphatic carbocycles. The normalized spacial score (nSPS) is 21.0. The van der Waals surface area contributed by atoms with Gasteiger partial charge in [-0.3, -0.25) is 4.79 Å². The second kappa shape index (κ2) is 8.74. The van der Waals surface area contributed by atoms with Crippen molar-refractivity contribution < 1.29 is 14.3 Å². The molecular formula is C24H30ClNO3. The van der Waals surface area contributed by atoms with E-state index < -0.39 is 5.92 Å². The van der Waals surface area contributed by atoms with Gasteiger partial charge in [-0.25, -0.2) is 4.79 Å². The fraction of sp³-hybridized carbons (Fsp3) is 0.500. The molecule has 0 unspecified atom stereocenters.